The highest BCUT2D eigenvalue weighted by atomic mass is 79.9. The number of hydrogen-bond donors (Lipinski definition) is 3. The number of halogens is 4. The van der Waals surface area contributed by atoms with E-state index in [-0.39, 0.29) is 21.0 Å². The standard InChI is InChI=1S/C12H10BrClF2N3O5P/c1-5(24-25(21,22)23)19-10(9(13)11(14)18-19)12(20)17-8-3-2-6(15)4-7(8)16/h2-5H,1H3,(H,17,20)(H2,21,22,23). The quantitative estimate of drug-likeness (QED) is 0.589. The van der Waals surface area contributed by atoms with Gasteiger partial charge in [-0.15, -0.1) is 0 Å². The van der Waals surface area contributed by atoms with Crippen molar-refractivity contribution in [1.82, 2.24) is 9.78 Å². The molecule has 1 atom stereocenters. The molecule has 0 aliphatic rings. The summed E-state index contributed by atoms with van der Waals surface area (Å²) in [6.07, 6.45) is -1.37. The molecule has 136 valence electrons. The molecule has 2 rings (SSSR count). The Morgan fingerprint density at radius 3 is 2.68 bits per heavy atom. The van der Waals surface area contributed by atoms with Gasteiger partial charge in [0.15, 0.2) is 11.4 Å². The molecular formula is C12H10BrClF2N3O5P. The molecule has 0 fully saturated rings. The fraction of sp³-hybridized carbons (Fsp3) is 0.167. The topological polar surface area (TPSA) is 114 Å². The minimum absolute atomic E-state index is 0.00431. The zero-order chi connectivity index (χ0) is 18.9. The van der Waals surface area contributed by atoms with Gasteiger partial charge in [0.2, 0.25) is 0 Å². The number of phosphoric acid groups is 1. The third-order valence-corrected chi connectivity index (χ3v) is 4.67. The van der Waals surface area contributed by atoms with Gasteiger partial charge in [-0.2, -0.15) is 5.10 Å². The van der Waals surface area contributed by atoms with E-state index in [2.05, 4.69) is 30.9 Å². The maximum absolute atomic E-state index is 13.7. The molecule has 3 N–H and O–H groups in total. The van der Waals surface area contributed by atoms with Crippen molar-refractivity contribution in [3.63, 3.8) is 0 Å². The monoisotopic (exact) mass is 459 g/mol. The molecule has 1 heterocycles. The third-order valence-electron chi connectivity index (χ3n) is 2.84. The third kappa shape index (κ3) is 4.84. The Morgan fingerprint density at radius 1 is 1.48 bits per heavy atom. The van der Waals surface area contributed by atoms with Crippen LogP contribution in [-0.4, -0.2) is 25.5 Å². The normalized spacial score (nSPS) is 12.9. The van der Waals surface area contributed by atoms with Gasteiger partial charge in [0.1, 0.15) is 17.3 Å². The molecule has 25 heavy (non-hydrogen) atoms. The van der Waals surface area contributed by atoms with E-state index in [1.165, 1.54) is 6.92 Å². The summed E-state index contributed by atoms with van der Waals surface area (Å²) in [5.41, 5.74) is -0.597. The van der Waals surface area contributed by atoms with Crippen LogP contribution in [0.4, 0.5) is 14.5 Å². The fourth-order valence-electron chi connectivity index (χ4n) is 1.87. The Labute approximate surface area is 153 Å². The number of hydrogen-bond acceptors (Lipinski definition) is 4. The van der Waals surface area contributed by atoms with Crippen LogP contribution < -0.4 is 5.32 Å². The maximum atomic E-state index is 13.7. The summed E-state index contributed by atoms with van der Waals surface area (Å²) in [5.74, 6) is -2.76. The first-order valence-electron chi connectivity index (χ1n) is 6.43. The summed E-state index contributed by atoms with van der Waals surface area (Å²) in [4.78, 5) is 30.1. The van der Waals surface area contributed by atoms with Gasteiger partial charge in [0.05, 0.1) is 10.2 Å². The van der Waals surface area contributed by atoms with Crippen molar-refractivity contribution in [2.75, 3.05) is 5.32 Å². The Bertz CT molecular complexity index is 875. The molecule has 2 aromatic rings. The number of aromatic nitrogens is 2. The van der Waals surface area contributed by atoms with Crippen LogP contribution in [0, 0.1) is 11.6 Å². The second-order valence-electron chi connectivity index (χ2n) is 4.67. The number of nitrogens with zero attached hydrogens (tertiary/aromatic N) is 2. The molecule has 0 spiro atoms. The van der Waals surface area contributed by atoms with Crippen molar-refractivity contribution in [2.24, 2.45) is 0 Å². The summed E-state index contributed by atoms with van der Waals surface area (Å²) in [7, 11) is -4.88. The van der Waals surface area contributed by atoms with E-state index in [0.29, 0.717) is 6.07 Å². The van der Waals surface area contributed by atoms with Crippen molar-refractivity contribution in [3.8, 4) is 0 Å². The molecule has 1 aromatic carbocycles. The van der Waals surface area contributed by atoms with Crippen LogP contribution in [0.1, 0.15) is 23.6 Å². The van der Waals surface area contributed by atoms with E-state index in [4.69, 9.17) is 21.4 Å². The van der Waals surface area contributed by atoms with E-state index in [1.54, 1.807) is 0 Å². The van der Waals surface area contributed by atoms with Crippen LogP contribution in [0.25, 0.3) is 0 Å². The number of nitrogens with one attached hydrogen (secondary N) is 1. The first kappa shape index (κ1) is 20.0. The smallest absolute Gasteiger partial charge is 0.318 e. The van der Waals surface area contributed by atoms with Gasteiger partial charge < -0.3 is 15.1 Å². The fourth-order valence-corrected chi connectivity index (χ4v) is 2.97. The summed E-state index contributed by atoms with van der Waals surface area (Å²) in [5, 5.41) is 5.74. The summed E-state index contributed by atoms with van der Waals surface area (Å²) in [6, 6.07) is 2.53. The second-order valence-corrected chi connectivity index (χ2v) is 7.01. The number of anilines is 1. The van der Waals surface area contributed by atoms with Crippen molar-refractivity contribution in [1.29, 1.82) is 0 Å². The largest absolute Gasteiger partial charge is 0.471 e. The van der Waals surface area contributed by atoms with E-state index in [0.717, 1.165) is 16.8 Å². The zero-order valence-corrected chi connectivity index (χ0v) is 15.5. The molecule has 0 aliphatic carbocycles. The van der Waals surface area contributed by atoms with Crippen LogP contribution in [0.3, 0.4) is 0 Å². The number of benzene rings is 1. The SMILES string of the molecule is CC(OP(=O)(O)O)n1nc(Cl)c(Br)c1C(=O)Nc1ccc(F)cc1F. The number of carbonyl (C=O) groups is 1. The van der Waals surface area contributed by atoms with E-state index >= 15 is 0 Å². The lowest BCUT2D eigenvalue weighted by Crippen LogP contribution is -2.22. The molecule has 0 bridgehead atoms. The Morgan fingerprint density at radius 2 is 2.12 bits per heavy atom. The molecule has 0 saturated carbocycles. The molecule has 1 amide bonds. The van der Waals surface area contributed by atoms with Gasteiger partial charge in [0.25, 0.3) is 5.91 Å². The number of carbonyl (C=O) groups excluding carboxylic acids is 1. The second kappa shape index (κ2) is 7.48. The summed E-state index contributed by atoms with van der Waals surface area (Å²) >= 11 is 8.83. The lowest BCUT2D eigenvalue weighted by atomic mass is 10.3. The average molecular weight is 461 g/mol. The van der Waals surface area contributed by atoms with Gasteiger partial charge >= 0.3 is 7.82 Å². The van der Waals surface area contributed by atoms with E-state index < -0.39 is 31.6 Å². The average Bonchev–Trinajstić information content (AvgIpc) is 2.76. The lowest BCUT2D eigenvalue weighted by molar-refractivity contribution is 0.0803. The number of amides is 1. The molecular weight excluding hydrogens is 450 g/mol. The van der Waals surface area contributed by atoms with Gasteiger partial charge in [-0.1, -0.05) is 11.6 Å². The van der Waals surface area contributed by atoms with Crippen LogP contribution in [0.5, 0.6) is 0 Å². The maximum Gasteiger partial charge on any atom is 0.471 e. The molecule has 1 unspecified atom stereocenters. The molecule has 0 aliphatic heterocycles. The van der Waals surface area contributed by atoms with Gasteiger partial charge in [-0.05, 0) is 35.0 Å². The Balaban J connectivity index is 2.37. The van der Waals surface area contributed by atoms with Gasteiger partial charge in [-0.25, -0.2) is 18.0 Å². The molecule has 0 radical (unpaired) electrons. The molecule has 8 nitrogen and oxygen atoms in total. The summed E-state index contributed by atoms with van der Waals surface area (Å²) < 4.78 is 42.8. The zero-order valence-electron chi connectivity index (χ0n) is 12.3. The predicted molar refractivity (Wildman–Crippen MR) is 87.1 cm³/mol. The lowest BCUT2D eigenvalue weighted by Gasteiger charge is -2.16. The minimum Gasteiger partial charge on any atom is -0.318 e. The van der Waals surface area contributed by atoms with Crippen molar-refractivity contribution in [2.45, 2.75) is 13.2 Å². The predicted octanol–water partition coefficient (Wildman–Crippen LogP) is 3.46. The van der Waals surface area contributed by atoms with Crippen LogP contribution in [0.15, 0.2) is 22.7 Å². The van der Waals surface area contributed by atoms with Crippen molar-refractivity contribution in [3.05, 3.63) is 45.2 Å². The minimum atomic E-state index is -4.88. The highest BCUT2D eigenvalue weighted by molar-refractivity contribution is 9.10. The van der Waals surface area contributed by atoms with Gasteiger partial charge in [0, 0.05) is 6.07 Å². The van der Waals surface area contributed by atoms with E-state index in [9.17, 15) is 18.1 Å². The molecule has 13 heteroatoms. The van der Waals surface area contributed by atoms with Crippen LogP contribution >= 0.6 is 35.4 Å². The Kier molecular flexibility index (Phi) is 5.97. The Hall–Kier alpha value is -1.36. The number of rotatable bonds is 5. The van der Waals surface area contributed by atoms with Gasteiger partial charge in [-0.3, -0.25) is 9.32 Å². The van der Waals surface area contributed by atoms with Crippen LogP contribution in [0.2, 0.25) is 5.15 Å². The molecule has 0 saturated heterocycles. The van der Waals surface area contributed by atoms with Crippen LogP contribution in [-0.2, 0) is 9.09 Å². The summed E-state index contributed by atoms with van der Waals surface area (Å²) in [6.45, 7) is 1.21. The first-order valence-corrected chi connectivity index (χ1v) is 9.13. The van der Waals surface area contributed by atoms with Crippen molar-refractivity contribution >= 4 is 46.9 Å². The van der Waals surface area contributed by atoms with Crippen molar-refractivity contribution < 1.29 is 32.5 Å². The highest BCUT2D eigenvalue weighted by Crippen LogP contribution is 2.41. The van der Waals surface area contributed by atoms with E-state index in [1.807, 2.05) is 0 Å². The highest BCUT2D eigenvalue weighted by Gasteiger charge is 2.28. The number of phosphoric ester groups is 1. The first-order chi connectivity index (χ1) is 11.5. The molecule has 1 aromatic heterocycles.